The molecule has 1 unspecified atom stereocenters. The molecule has 0 N–H and O–H groups in total. The first kappa shape index (κ1) is 14.0. The van der Waals surface area contributed by atoms with Crippen LogP contribution in [0.15, 0.2) is 30.3 Å². The Kier molecular flexibility index (Phi) is 5.36. The van der Waals surface area contributed by atoms with Crippen LogP contribution in [0.1, 0.15) is 12.5 Å². The maximum atomic E-state index is 12.1. The topological polar surface area (TPSA) is 38.8 Å². The number of carbonyl (C=O) groups is 1. The van der Waals surface area contributed by atoms with E-state index in [0.29, 0.717) is 26.2 Å². The lowest BCUT2D eigenvalue weighted by Gasteiger charge is -2.33. The second-order valence-corrected chi connectivity index (χ2v) is 4.61. The molecule has 1 heterocycles. The summed E-state index contributed by atoms with van der Waals surface area (Å²) in [5, 5.41) is 0. The second-order valence-electron chi connectivity index (χ2n) is 4.61. The summed E-state index contributed by atoms with van der Waals surface area (Å²) in [7, 11) is 0. The third-order valence-electron chi connectivity index (χ3n) is 3.32. The third-order valence-corrected chi connectivity index (χ3v) is 3.32. The zero-order chi connectivity index (χ0) is 13.5. The lowest BCUT2D eigenvalue weighted by Crippen LogP contribution is -2.49. The molecule has 2 rings (SSSR count). The van der Waals surface area contributed by atoms with E-state index < -0.39 is 0 Å². The average Bonchev–Trinajstić information content (AvgIpc) is 2.47. The van der Waals surface area contributed by atoms with E-state index in [0.717, 1.165) is 18.7 Å². The van der Waals surface area contributed by atoms with Gasteiger partial charge in [-0.05, 0) is 18.9 Å². The van der Waals surface area contributed by atoms with Crippen molar-refractivity contribution in [1.29, 1.82) is 0 Å². The Morgan fingerprint density at radius 1 is 1.32 bits per heavy atom. The van der Waals surface area contributed by atoms with Crippen molar-refractivity contribution in [2.24, 2.45) is 0 Å². The van der Waals surface area contributed by atoms with E-state index in [4.69, 9.17) is 9.47 Å². The molecule has 1 aliphatic heterocycles. The summed E-state index contributed by atoms with van der Waals surface area (Å²) in [6, 6.07) is 9.87. The molecule has 1 aromatic rings. The number of esters is 1. The van der Waals surface area contributed by atoms with Gasteiger partial charge in [0.25, 0.3) is 0 Å². The smallest absolute Gasteiger partial charge is 0.323 e. The third kappa shape index (κ3) is 4.04. The normalized spacial score (nSPS) is 17.9. The maximum Gasteiger partial charge on any atom is 0.323 e. The molecule has 104 valence electrons. The Morgan fingerprint density at radius 2 is 2.00 bits per heavy atom. The summed E-state index contributed by atoms with van der Waals surface area (Å²) < 4.78 is 10.6. The van der Waals surface area contributed by atoms with Crippen LogP contribution in [0.4, 0.5) is 0 Å². The summed E-state index contributed by atoms with van der Waals surface area (Å²) >= 11 is 0. The minimum atomic E-state index is -0.203. The summed E-state index contributed by atoms with van der Waals surface area (Å²) in [5.41, 5.74) is 1.16. The summed E-state index contributed by atoms with van der Waals surface area (Å²) in [5.74, 6) is -0.131. The van der Waals surface area contributed by atoms with E-state index in [1.807, 2.05) is 37.3 Å². The quantitative estimate of drug-likeness (QED) is 0.755. The van der Waals surface area contributed by atoms with Gasteiger partial charge in [0, 0.05) is 13.1 Å². The molecule has 0 spiro atoms. The Morgan fingerprint density at radius 3 is 2.63 bits per heavy atom. The van der Waals surface area contributed by atoms with E-state index >= 15 is 0 Å². The Hall–Kier alpha value is -1.39. The van der Waals surface area contributed by atoms with Crippen LogP contribution in [-0.2, 0) is 20.7 Å². The van der Waals surface area contributed by atoms with Crippen LogP contribution in [0.2, 0.25) is 0 Å². The molecule has 1 fully saturated rings. The van der Waals surface area contributed by atoms with Gasteiger partial charge in [0.15, 0.2) is 0 Å². The van der Waals surface area contributed by atoms with Gasteiger partial charge in [-0.3, -0.25) is 9.69 Å². The monoisotopic (exact) mass is 263 g/mol. The van der Waals surface area contributed by atoms with Gasteiger partial charge in [-0.2, -0.15) is 0 Å². The summed E-state index contributed by atoms with van der Waals surface area (Å²) in [4.78, 5) is 14.3. The number of ether oxygens (including phenoxy) is 2. The molecule has 19 heavy (non-hydrogen) atoms. The number of carbonyl (C=O) groups excluding carboxylic acids is 1. The van der Waals surface area contributed by atoms with Gasteiger partial charge in [0.05, 0.1) is 19.8 Å². The van der Waals surface area contributed by atoms with Crippen LogP contribution in [0, 0.1) is 0 Å². The zero-order valence-corrected chi connectivity index (χ0v) is 11.4. The van der Waals surface area contributed by atoms with Crippen molar-refractivity contribution in [2.45, 2.75) is 19.4 Å². The Labute approximate surface area is 114 Å². The fraction of sp³-hybridized carbons (Fsp3) is 0.533. The van der Waals surface area contributed by atoms with Gasteiger partial charge >= 0.3 is 5.97 Å². The Balaban J connectivity index is 2.06. The summed E-state index contributed by atoms with van der Waals surface area (Å²) in [6.45, 7) is 5.22. The molecule has 0 radical (unpaired) electrons. The van der Waals surface area contributed by atoms with Crippen molar-refractivity contribution in [3.8, 4) is 0 Å². The van der Waals surface area contributed by atoms with E-state index in [2.05, 4.69) is 4.90 Å². The van der Waals surface area contributed by atoms with Crippen molar-refractivity contribution in [3.05, 3.63) is 35.9 Å². The molecule has 4 heteroatoms. The SMILES string of the molecule is CCOC(=O)C(Cc1ccccc1)N1CCOCC1. The first-order chi connectivity index (χ1) is 9.31. The van der Waals surface area contributed by atoms with Crippen LogP contribution in [-0.4, -0.2) is 49.8 Å². The lowest BCUT2D eigenvalue weighted by atomic mass is 10.0. The predicted octanol–water partition coefficient (Wildman–Crippen LogP) is 1.49. The van der Waals surface area contributed by atoms with Crippen LogP contribution in [0.5, 0.6) is 0 Å². The van der Waals surface area contributed by atoms with Crippen molar-refractivity contribution in [2.75, 3.05) is 32.9 Å². The van der Waals surface area contributed by atoms with Crippen molar-refractivity contribution < 1.29 is 14.3 Å². The highest BCUT2D eigenvalue weighted by Gasteiger charge is 2.28. The number of nitrogens with zero attached hydrogens (tertiary/aromatic N) is 1. The highest BCUT2D eigenvalue weighted by Crippen LogP contribution is 2.12. The standard InChI is InChI=1S/C15H21NO3/c1-2-19-15(17)14(16-8-10-18-11-9-16)12-13-6-4-3-5-7-13/h3-7,14H,2,8-12H2,1H3. The van der Waals surface area contributed by atoms with Gasteiger partial charge in [-0.25, -0.2) is 0 Å². The number of rotatable bonds is 5. The predicted molar refractivity (Wildman–Crippen MR) is 73.0 cm³/mol. The van der Waals surface area contributed by atoms with Crippen LogP contribution < -0.4 is 0 Å². The van der Waals surface area contributed by atoms with Gasteiger partial charge in [0.1, 0.15) is 6.04 Å². The van der Waals surface area contributed by atoms with Gasteiger partial charge < -0.3 is 9.47 Å². The summed E-state index contributed by atoms with van der Waals surface area (Å²) in [6.07, 6.45) is 0.694. The fourth-order valence-corrected chi connectivity index (χ4v) is 2.33. The molecule has 1 saturated heterocycles. The maximum absolute atomic E-state index is 12.1. The second kappa shape index (κ2) is 7.26. The number of hydrogen-bond acceptors (Lipinski definition) is 4. The highest BCUT2D eigenvalue weighted by atomic mass is 16.5. The molecule has 4 nitrogen and oxygen atoms in total. The molecular weight excluding hydrogens is 242 g/mol. The van der Waals surface area contributed by atoms with Crippen LogP contribution >= 0.6 is 0 Å². The molecule has 0 saturated carbocycles. The van der Waals surface area contributed by atoms with Crippen molar-refractivity contribution >= 4 is 5.97 Å². The molecule has 0 aliphatic carbocycles. The van der Waals surface area contributed by atoms with E-state index in [-0.39, 0.29) is 12.0 Å². The van der Waals surface area contributed by atoms with Crippen LogP contribution in [0.25, 0.3) is 0 Å². The molecule has 0 bridgehead atoms. The molecule has 0 amide bonds. The number of hydrogen-bond donors (Lipinski definition) is 0. The van der Waals surface area contributed by atoms with Gasteiger partial charge in [0.2, 0.25) is 0 Å². The van der Waals surface area contributed by atoms with E-state index in [9.17, 15) is 4.79 Å². The van der Waals surface area contributed by atoms with E-state index in [1.165, 1.54) is 0 Å². The molecule has 1 aliphatic rings. The van der Waals surface area contributed by atoms with E-state index in [1.54, 1.807) is 0 Å². The molecule has 1 aromatic carbocycles. The molecule has 0 aromatic heterocycles. The first-order valence-electron chi connectivity index (χ1n) is 6.83. The molecular formula is C15H21NO3. The van der Waals surface area contributed by atoms with Crippen molar-refractivity contribution in [3.63, 3.8) is 0 Å². The molecule has 1 atom stereocenters. The first-order valence-corrected chi connectivity index (χ1v) is 6.83. The zero-order valence-electron chi connectivity index (χ0n) is 11.4. The fourth-order valence-electron chi connectivity index (χ4n) is 2.33. The minimum Gasteiger partial charge on any atom is -0.465 e. The number of morpholine rings is 1. The van der Waals surface area contributed by atoms with Crippen LogP contribution in [0.3, 0.4) is 0 Å². The Bertz CT molecular complexity index is 388. The number of benzene rings is 1. The van der Waals surface area contributed by atoms with Gasteiger partial charge in [-0.15, -0.1) is 0 Å². The minimum absolute atomic E-state index is 0.131. The lowest BCUT2D eigenvalue weighted by molar-refractivity contribution is -0.151. The average molecular weight is 263 g/mol. The van der Waals surface area contributed by atoms with Crippen molar-refractivity contribution in [1.82, 2.24) is 4.90 Å². The largest absolute Gasteiger partial charge is 0.465 e. The highest BCUT2D eigenvalue weighted by molar-refractivity contribution is 5.76. The van der Waals surface area contributed by atoms with Gasteiger partial charge in [-0.1, -0.05) is 30.3 Å².